The first-order chi connectivity index (χ1) is 15.9. The molecule has 1 fully saturated rings. The first-order valence-corrected chi connectivity index (χ1v) is 12.7. The molecule has 0 radical (unpaired) electrons. The van der Waals surface area contributed by atoms with E-state index in [1.165, 1.54) is 44.9 Å². The summed E-state index contributed by atoms with van der Waals surface area (Å²) in [6.07, 6.45) is 2.63. The van der Waals surface area contributed by atoms with Crippen molar-refractivity contribution in [3.05, 3.63) is 64.8 Å². The van der Waals surface area contributed by atoms with Gasteiger partial charge in [0.05, 0.1) is 34.5 Å². The van der Waals surface area contributed by atoms with Gasteiger partial charge in [-0.2, -0.15) is 14.4 Å². The molecule has 0 saturated carbocycles. The SMILES string of the molecule is O=S(=O)(c1cnn(-c2ccc(Cl)c(F)c2)c1)N1CCN(Cc2nc(-c3cccs3)no2)CC1. The number of rotatable bonds is 6. The highest BCUT2D eigenvalue weighted by atomic mass is 35.5. The van der Waals surface area contributed by atoms with Crippen LogP contribution in [-0.2, 0) is 16.6 Å². The highest BCUT2D eigenvalue weighted by Crippen LogP contribution is 2.23. The molecule has 4 aromatic rings. The van der Waals surface area contributed by atoms with Crippen LogP contribution < -0.4 is 0 Å². The number of hydrogen-bond acceptors (Lipinski definition) is 8. The van der Waals surface area contributed by atoms with Crippen molar-refractivity contribution >= 4 is 33.0 Å². The van der Waals surface area contributed by atoms with Crippen molar-refractivity contribution in [1.82, 2.24) is 29.1 Å². The van der Waals surface area contributed by atoms with Crippen molar-refractivity contribution in [3.63, 3.8) is 0 Å². The summed E-state index contributed by atoms with van der Waals surface area (Å²) in [4.78, 5) is 7.46. The highest BCUT2D eigenvalue weighted by molar-refractivity contribution is 7.89. The molecule has 0 spiro atoms. The maximum atomic E-state index is 13.7. The number of nitrogens with zero attached hydrogens (tertiary/aromatic N) is 6. The molecular formula is C20H18ClFN6O3S2. The normalized spacial score (nSPS) is 15.8. The predicted octanol–water partition coefficient (Wildman–Crippen LogP) is 3.28. The summed E-state index contributed by atoms with van der Waals surface area (Å²) in [5.41, 5.74) is 0.379. The van der Waals surface area contributed by atoms with E-state index in [2.05, 4.69) is 20.1 Å². The molecule has 9 nitrogen and oxygen atoms in total. The summed E-state index contributed by atoms with van der Waals surface area (Å²) in [6, 6.07) is 8.01. The summed E-state index contributed by atoms with van der Waals surface area (Å²) in [5, 5.41) is 10.0. The van der Waals surface area contributed by atoms with Crippen LogP contribution in [-0.4, -0.2) is 63.7 Å². The third-order valence-corrected chi connectivity index (χ3v) is 8.29. The van der Waals surface area contributed by atoms with E-state index in [1.807, 2.05) is 17.5 Å². The predicted molar refractivity (Wildman–Crippen MR) is 120 cm³/mol. The zero-order chi connectivity index (χ0) is 23.0. The Morgan fingerprint density at radius 2 is 2.00 bits per heavy atom. The van der Waals surface area contributed by atoms with Crippen molar-refractivity contribution in [2.45, 2.75) is 11.4 Å². The Hall–Kier alpha value is -2.64. The van der Waals surface area contributed by atoms with Crippen LogP contribution >= 0.6 is 22.9 Å². The molecule has 4 heterocycles. The first-order valence-electron chi connectivity index (χ1n) is 9.99. The average Bonchev–Trinajstić information content (AvgIpc) is 3.58. The molecule has 5 rings (SSSR count). The van der Waals surface area contributed by atoms with Gasteiger partial charge in [-0.25, -0.2) is 17.5 Å². The lowest BCUT2D eigenvalue weighted by atomic mass is 10.3. The second-order valence-electron chi connectivity index (χ2n) is 7.39. The van der Waals surface area contributed by atoms with E-state index in [4.69, 9.17) is 16.1 Å². The molecule has 1 aliphatic rings. The van der Waals surface area contributed by atoms with E-state index in [-0.39, 0.29) is 9.92 Å². The van der Waals surface area contributed by atoms with Gasteiger partial charge in [0.25, 0.3) is 0 Å². The van der Waals surface area contributed by atoms with Crippen molar-refractivity contribution in [2.75, 3.05) is 26.2 Å². The van der Waals surface area contributed by atoms with Crippen LogP contribution in [0.15, 0.2) is 57.5 Å². The summed E-state index contributed by atoms with van der Waals surface area (Å²) in [6.45, 7) is 2.12. The quantitative estimate of drug-likeness (QED) is 0.394. The summed E-state index contributed by atoms with van der Waals surface area (Å²) >= 11 is 7.25. The Labute approximate surface area is 198 Å². The van der Waals surface area contributed by atoms with Gasteiger partial charge in [-0.05, 0) is 23.6 Å². The summed E-state index contributed by atoms with van der Waals surface area (Å²) < 4.78 is 48.0. The van der Waals surface area contributed by atoms with Crippen LogP contribution in [0.3, 0.4) is 0 Å². The lowest BCUT2D eigenvalue weighted by molar-refractivity contribution is 0.163. The molecule has 1 aromatic carbocycles. The molecule has 0 unspecified atom stereocenters. The van der Waals surface area contributed by atoms with E-state index >= 15 is 0 Å². The number of thiophene rings is 1. The number of halogens is 2. The Morgan fingerprint density at radius 3 is 2.73 bits per heavy atom. The van der Waals surface area contributed by atoms with Gasteiger partial charge in [0.2, 0.25) is 21.7 Å². The summed E-state index contributed by atoms with van der Waals surface area (Å²) in [7, 11) is -3.74. The Bertz CT molecular complexity index is 1360. The Morgan fingerprint density at radius 1 is 1.18 bits per heavy atom. The fourth-order valence-corrected chi connectivity index (χ4v) is 5.62. The molecule has 0 aliphatic carbocycles. The van der Waals surface area contributed by atoms with Crippen molar-refractivity contribution in [2.24, 2.45) is 0 Å². The van der Waals surface area contributed by atoms with E-state index < -0.39 is 15.8 Å². The molecule has 172 valence electrons. The van der Waals surface area contributed by atoms with Gasteiger partial charge in [0.15, 0.2) is 0 Å². The maximum absolute atomic E-state index is 13.7. The van der Waals surface area contributed by atoms with E-state index in [9.17, 15) is 12.8 Å². The lowest BCUT2D eigenvalue weighted by Gasteiger charge is -2.32. The fraction of sp³-hybridized carbons (Fsp3) is 0.250. The smallest absolute Gasteiger partial charge is 0.246 e. The van der Waals surface area contributed by atoms with Gasteiger partial charge < -0.3 is 4.52 Å². The van der Waals surface area contributed by atoms with Crippen molar-refractivity contribution < 1.29 is 17.3 Å². The van der Waals surface area contributed by atoms with Gasteiger partial charge in [0, 0.05) is 32.2 Å². The second kappa shape index (κ2) is 8.95. The minimum atomic E-state index is -3.74. The van der Waals surface area contributed by atoms with Crippen LogP contribution in [0.2, 0.25) is 5.02 Å². The zero-order valence-corrected chi connectivity index (χ0v) is 19.5. The Kier molecular flexibility index (Phi) is 6.01. The standard InChI is InChI=1S/C20H18ClFN6O3S2/c21-16-4-3-14(10-17(16)22)28-12-15(11-23-28)33(29,30)27-7-5-26(6-8-27)13-19-24-20(25-31-19)18-2-1-9-32-18/h1-4,9-12H,5-8,13H2. The van der Waals surface area contributed by atoms with Crippen molar-refractivity contribution in [3.8, 4) is 16.4 Å². The number of piperazine rings is 1. The molecule has 0 amide bonds. The molecule has 1 saturated heterocycles. The zero-order valence-electron chi connectivity index (χ0n) is 17.1. The van der Waals surface area contributed by atoms with E-state index in [1.54, 1.807) is 6.07 Å². The van der Waals surface area contributed by atoms with Gasteiger partial charge in [0.1, 0.15) is 10.7 Å². The molecule has 0 N–H and O–H groups in total. The summed E-state index contributed by atoms with van der Waals surface area (Å²) in [5.74, 6) is 0.443. The van der Waals surface area contributed by atoms with Crippen LogP contribution in [0.5, 0.6) is 0 Å². The third-order valence-electron chi connectivity index (χ3n) is 5.26. The van der Waals surface area contributed by atoms with Gasteiger partial charge in [-0.3, -0.25) is 4.90 Å². The van der Waals surface area contributed by atoms with E-state index in [0.717, 1.165) is 4.88 Å². The van der Waals surface area contributed by atoms with E-state index in [0.29, 0.717) is 50.1 Å². The number of hydrogen-bond donors (Lipinski definition) is 0. The Balaban J connectivity index is 1.22. The molecule has 13 heteroatoms. The maximum Gasteiger partial charge on any atom is 0.246 e. The van der Waals surface area contributed by atoms with Crippen LogP contribution in [0.4, 0.5) is 4.39 Å². The topological polar surface area (TPSA) is 97.4 Å². The molecule has 33 heavy (non-hydrogen) atoms. The molecule has 0 atom stereocenters. The van der Waals surface area contributed by atoms with Gasteiger partial charge in [-0.15, -0.1) is 11.3 Å². The highest BCUT2D eigenvalue weighted by Gasteiger charge is 2.30. The second-order valence-corrected chi connectivity index (χ2v) is 10.7. The van der Waals surface area contributed by atoms with Crippen molar-refractivity contribution in [1.29, 1.82) is 0 Å². The van der Waals surface area contributed by atoms with Gasteiger partial charge >= 0.3 is 0 Å². The monoisotopic (exact) mass is 508 g/mol. The number of aromatic nitrogens is 4. The lowest BCUT2D eigenvalue weighted by Crippen LogP contribution is -2.48. The fourth-order valence-electron chi connectivity index (χ4n) is 3.50. The number of benzene rings is 1. The van der Waals surface area contributed by atoms with Crippen LogP contribution in [0.25, 0.3) is 16.4 Å². The molecule has 1 aliphatic heterocycles. The molecule has 0 bridgehead atoms. The average molecular weight is 509 g/mol. The third kappa shape index (κ3) is 4.57. The first kappa shape index (κ1) is 22.2. The minimum absolute atomic E-state index is 0.0140. The molecule has 3 aromatic heterocycles. The van der Waals surface area contributed by atoms with Gasteiger partial charge in [-0.1, -0.05) is 22.8 Å². The van der Waals surface area contributed by atoms with Crippen LogP contribution in [0, 0.1) is 5.82 Å². The number of sulfonamides is 1. The molecular weight excluding hydrogens is 491 g/mol. The minimum Gasteiger partial charge on any atom is -0.338 e. The largest absolute Gasteiger partial charge is 0.338 e. The van der Waals surface area contributed by atoms with Crippen LogP contribution in [0.1, 0.15) is 5.89 Å².